The molecular formula is C36H74O2Sn. The summed E-state index contributed by atoms with van der Waals surface area (Å²) in [4.78, 5) is 13.2. The molecule has 0 unspecified atom stereocenters. The quantitative estimate of drug-likeness (QED) is 0.0532. The van der Waals surface area contributed by atoms with Crippen molar-refractivity contribution >= 4 is 24.8 Å². The second-order valence-corrected chi connectivity index (χ2v) is 24.4. The van der Waals surface area contributed by atoms with Gasteiger partial charge in [-0.25, -0.2) is 0 Å². The van der Waals surface area contributed by atoms with E-state index in [1.165, 1.54) is 180 Å². The molecule has 0 aromatic carbocycles. The third-order valence-electron chi connectivity index (χ3n) is 8.77. The molecule has 0 heterocycles. The molecule has 0 aliphatic heterocycles. The summed E-state index contributed by atoms with van der Waals surface area (Å²) in [5, 5.41) is 0. The van der Waals surface area contributed by atoms with Gasteiger partial charge in [-0.15, -0.1) is 0 Å². The molecule has 0 saturated carbocycles. The van der Waals surface area contributed by atoms with Crippen LogP contribution < -0.4 is 0 Å². The molecule has 0 spiro atoms. The van der Waals surface area contributed by atoms with Crippen LogP contribution in [-0.2, 0) is 7.87 Å². The van der Waals surface area contributed by atoms with Crippen molar-refractivity contribution in [1.29, 1.82) is 0 Å². The van der Waals surface area contributed by atoms with Gasteiger partial charge in [0.25, 0.3) is 0 Å². The average molecular weight is 658 g/mol. The summed E-state index contributed by atoms with van der Waals surface area (Å²) in [7, 11) is 0. The van der Waals surface area contributed by atoms with Crippen molar-refractivity contribution in [1.82, 2.24) is 0 Å². The van der Waals surface area contributed by atoms with Crippen LogP contribution in [-0.4, -0.2) is 24.8 Å². The maximum absolute atomic E-state index is 13.2. The Bertz CT molecular complexity index is 452. The molecule has 0 aromatic heterocycles. The Kier molecular flexibility index (Phi) is 31.4. The van der Waals surface area contributed by atoms with Crippen LogP contribution in [0.3, 0.4) is 0 Å². The SMILES string of the molecule is CCCCCCCCCCCC(=O)[O][Sn]([CH2]CCCCCCC)([CH2]CCCCCCC)[CH2]CCCCCCC. The van der Waals surface area contributed by atoms with E-state index in [0.717, 1.165) is 6.42 Å². The fourth-order valence-corrected chi connectivity index (χ4v) is 18.4. The summed E-state index contributed by atoms with van der Waals surface area (Å²) >= 11 is -2.93. The van der Waals surface area contributed by atoms with Gasteiger partial charge in [0.15, 0.2) is 0 Å². The zero-order valence-electron chi connectivity index (χ0n) is 27.7. The van der Waals surface area contributed by atoms with E-state index >= 15 is 0 Å². The predicted molar refractivity (Wildman–Crippen MR) is 178 cm³/mol. The summed E-state index contributed by atoms with van der Waals surface area (Å²) in [5.41, 5.74) is 0. The first-order valence-corrected chi connectivity index (χ1v) is 25.6. The Labute approximate surface area is 252 Å². The van der Waals surface area contributed by atoms with Crippen LogP contribution >= 0.6 is 0 Å². The molecule has 0 saturated heterocycles. The minimum absolute atomic E-state index is 0.191. The fraction of sp³-hybridized carbons (Fsp3) is 0.972. The molecule has 0 radical (unpaired) electrons. The normalized spacial score (nSPS) is 11.8. The van der Waals surface area contributed by atoms with Gasteiger partial charge in [-0.05, 0) is 0 Å². The van der Waals surface area contributed by atoms with Gasteiger partial charge in [0.05, 0.1) is 0 Å². The van der Waals surface area contributed by atoms with Crippen molar-refractivity contribution in [3.05, 3.63) is 0 Å². The van der Waals surface area contributed by atoms with Gasteiger partial charge in [0, 0.05) is 0 Å². The number of unbranched alkanes of at least 4 members (excludes halogenated alkanes) is 23. The Balaban J connectivity index is 4.86. The summed E-state index contributed by atoms with van der Waals surface area (Å²) in [6, 6.07) is 0. The molecule has 0 aliphatic rings. The Hall–Kier alpha value is 0.269. The molecular weight excluding hydrogens is 583 g/mol. The zero-order chi connectivity index (χ0) is 28.7. The Morgan fingerprint density at radius 3 is 0.949 bits per heavy atom. The van der Waals surface area contributed by atoms with Gasteiger partial charge in [0.1, 0.15) is 0 Å². The Morgan fingerprint density at radius 1 is 0.385 bits per heavy atom. The predicted octanol–water partition coefficient (Wildman–Crippen LogP) is 13.5. The topological polar surface area (TPSA) is 26.3 Å². The second kappa shape index (κ2) is 31.2. The van der Waals surface area contributed by atoms with Crippen molar-refractivity contribution in [2.45, 2.75) is 221 Å². The van der Waals surface area contributed by atoms with E-state index in [1.807, 2.05) is 0 Å². The Morgan fingerprint density at radius 2 is 0.641 bits per heavy atom. The van der Waals surface area contributed by atoms with Gasteiger partial charge >= 0.3 is 246 Å². The van der Waals surface area contributed by atoms with E-state index in [1.54, 1.807) is 0 Å². The monoisotopic (exact) mass is 658 g/mol. The third-order valence-corrected chi connectivity index (χ3v) is 21.5. The number of hydrogen-bond acceptors (Lipinski definition) is 2. The first-order valence-electron chi connectivity index (χ1n) is 18.4. The summed E-state index contributed by atoms with van der Waals surface area (Å²) in [6.07, 6.45) is 36.7. The van der Waals surface area contributed by atoms with Gasteiger partial charge in [0.2, 0.25) is 0 Å². The third kappa shape index (κ3) is 26.9. The average Bonchev–Trinajstić information content (AvgIpc) is 2.93. The number of hydrogen-bond donors (Lipinski definition) is 0. The van der Waals surface area contributed by atoms with Crippen molar-refractivity contribution in [3.8, 4) is 0 Å². The first kappa shape index (κ1) is 39.3. The molecule has 0 N–H and O–H groups in total. The number of carbonyl (C=O) groups is 1. The van der Waals surface area contributed by atoms with E-state index in [4.69, 9.17) is 3.07 Å². The summed E-state index contributed by atoms with van der Waals surface area (Å²) < 4.78 is 10.7. The van der Waals surface area contributed by atoms with E-state index in [0.29, 0.717) is 6.42 Å². The van der Waals surface area contributed by atoms with E-state index in [2.05, 4.69) is 27.7 Å². The van der Waals surface area contributed by atoms with Crippen LogP contribution in [0.4, 0.5) is 0 Å². The van der Waals surface area contributed by atoms with Gasteiger partial charge < -0.3 is 0 Å². The standard InChI is InChI=1S/C12H24O2.3C8H17.Sn/c1-2-3-4-5-6-7-8-9-10-11-12(13)14;3*1-3-5-7-8-6-4-2;/h2-11H2,1H3,(H,13,14);3*1,3-8H2,2H3;/q;;;;+1/p-1. The van der Waals surface area contributed by atoms with Gasteiger partial charge in [-0.2, -0.15) is 0 Å². The van der Waals surface area contributed by atoms with Crippen LogP contribution in [0.5, 0.6) is 0 Å². The van der Waals surface area contributed by atoms with Crippen LogP contribution in [0.1, 0.15) is 207 Å². The van der Waals surface area contributed by atoms with Gasteiger partial charge in [-0.3, -0.25) is 0 Å². The van der Waals surface area contributed by atoms with Crippen molar-refractivity contribution in [3.63, 3.8) is 0 Å². The minimum atomic E-state index is -2.93. The van der Waals surface area contributed by atoms with E-state index in [-0.39, 0.29) is 5.97 Å². The van der Waals surface area contributed by atoms with Crippen LogP contribution in [0.15, 0.2) is 0 Å². The molecule has 234 valence electrons. The molecule has 0 fully saturated rings. The van der Waals surface area contributed by atoms with Crippen LogP contribution in [0, 0.1) is 0 Å². The first-order chi connectivity index (χ1) is 19.1. The van der Waals surface area contributed by atoms with Crippen molar-refractivity contribution in [2.24, 2.45) is 0 Å². The fourth-order valence-electron chi connectivity index (χ4n) is 6.08. The van der Waals surface area contributed by atoms with Crippen molar-refractivity contribution in [2.75, 3.05) is 0 Å². The molecule has 0 aliphatic carbocycles. The van der Waals surface area contributed by atoms with Crippen LogP contribution in [0.25, 0.3) is 0 Å². The second-order valence-electron chi connectivity index (χ2n) is 12.8. The molecule has 0 atom stereocenters. The number of carbonyl (C=O) groups excluding carboxylic acids is 1. The van der Waals surface area contributed by atoms with E-state index in [9.17, 15) is 4.79 Å². The number of rotatable bonds is 32. The molecule has 0 amide bonds. The maximum atomic E-state index is 13.2. The zero-order valence-corrected chi connectivity index (χ0v) is 30.6. The molecule has 0 bridgehead atoms. The van der Waals surface area contributed by atoms with Crippen molar-refractivity contribution < 1.29 is 7.87 Å². The van der Waals surface area contributed by atoms with Gasteiger partial charge in [-0.1, -0.05) is 6.92 Å². The molecule has 39 heavy (non-hydrogen) atoms. The molecule has 3 heteroatoms. The van der Waals surface area contributed by atoms with E-state index < -0.39 is 18.8 Å². The summed E-state index contributed by atoms with van der Waals surface area (Å²) in [6.45, 7) is 9.19. The molecule has 0 rings (SSSR count). The summed E-state index contributed by atoms with van der Waals surface area (Å²) in [5.74, 6) is 0.191. The van der Waals surface area contributed by atoms with Crippen LogP contribution in [0.2, 0.25) is 13.3 Å². The molecule has 2 nitrogen and oxygen atoms in total. The molecule has 0 aromatic rings.